The predicted molar refractivity (Wildman–Crippen MR) is 73.7 cm³/mol. The SMILES string of the molecule is CN(C)[C@@H]1CN(S(=O)(=O)c2ccc(Cl)cc2)C[C@H]1O. The van der Waals surface area contributed by atoms with Crippen molar-refractivity contribution in [1.29, 1.82) is 0 Å². The Balaban J connectivity index is 2.24. The first-order chi connectivity index (χ1) is 8.82. The molecule has 2 rings (SSSR count). The van der Waals surface area contributed by atoms with Crippen molar-refractivity contribution in [3.05, 3.63) is 29.3 Å². The zero-order chi connectivity index (χ0) is 14.2. The fraction of sp³-hybridized carbons (Fsp3) is 0.500. The molecule has 0 aromatic heterocycles. The molecule has 0 unspecified atom stereocenters. The lowest BCUT2D eigenvalue weighted by Gasteiger charge is -2.21. The van der Waals surface area contributed by atoms with Crippen LogP contribution < -0.4 is 0 Å². The highest BCUT2D eigenvalue weighted by atomic mass is 35.5. The zero-order valence-corrected chi connectivity index (χ0v) is 12.4. The minimum atomic E-state index is -3.57. The van der Waals surface area contributed by atoms with Crippen molar-refractivity contribution < 1.29 is 13.5 Å². The van der Waals surface area contributed by atoms with Gasteiger partial charge in [0.1, 0.15) is 0 Å². The molecule has 5 nitrogen and oxygen atoms in total. The second-order valence-electron chi connectivity index (χ2n) is 4.87. The Morgan fingerprint density at radius 2 is 1.84 bits per heavy atom. The molecule has 19 heavy (non-hydrogen) atoms. The average molecular weight is 305 g/mol. The molecule has 0 radical (unpaired) electrons. The lowest BCUT2D eigenvalue weighted by Crippen LogP contribution is -2.38. The molecule has 7 heteroatoms. The highest BCUT2D eigenvalue weighted by Crippen LogP contribution is 2.24. The van der Waals surface area contributed by atoms with Gasteiger partial charge in [-0.05, 0) is 38.4 Å². The van der Waals surface area contributed by atoms with E-state index in [-0.39, 0.29) is 17.5 Å². The van der Waals surface area contributed by atoms with Gasteiger partial charge in [-0.2, -0.15) is 4.31 Å². The minimum absolute atomic E-state index is 0.119. The van der Waals surface area contributed by atoms with Crippen molar-refractivity contribution in [2.24, 2.45) is 0 Å². The largest absolute Gasteiger partial charge is 0.390 e. The van der Waals surface area contributed by atoms with Crippen LogP contribution in [0, 0.1) is 0 Å². The first-order valence-corrected chi connectivity index (χ1v) is 7.74. The maximum Gasteiger partial charge on any atom is 0.243 e. The topological polar surface area (TPSA) is 60.9 Å². The van der Waals surface area contributed by atoms with Gasteiger partial charge in [-0.25, -0.2) is 8.42 Å². The molecule has 0 amide bonds. The van der Waals surface area contributed by atoms with E-state index < -0.39 is 16.1 Å². The molecule has 1 aromatic rings. The summed E-state index contributed by atoms with van der Waals surface area (Å²) < 4.78 is 26.1. The highest BCUT2D eigenvalue weighted by molar-refractivity contribution is 7.89. The first-order valence-electron chi connectivity index (χ1n) is 5.92. The van der Waals surface area contributed by atoms with Crippen LogP contribution in [0.3, 0.4) is 0 Å². The Hall–Kier alpha value is -0.660. The van der Waals surface area contributed by atoms with Gasteiger partial charge in [0, 0.05) is 18.1 Å². The van der Waals surface area contributed by atoms with E-state index in [0.717, 1.165) is 0 Å². The molecule has 0 bridgehead atoms. The van der Waals surface area contributed by atoms with Gasteiger partial charge in [0.05, 0.1) is 17.0 Å². The van der Waals surface area contributed by atoms with Crippen LogP contribution in [0.2, 0.25) is 5.02 Å². The Labute approximate surface area is 118 Å². The Kier molecular flexibility index (Phi) is 4.17. The molecule has 0 spiro atoms. The number of sulfonamides is 1. The van der Waals surface area contributed by atoms with Crippen molar-refractivity contribution in [3.8, 4) is 0 Å². The van der Waals surface area contributed by atoms with Gasteiger partial charge >= 0.3 is 0 Å². The van der Waals surface area contributed by atoms with Gasteiger partial charge in [0.15, 0.2) is 0 Å². The lowest BCUT2D eigenvalue weighted by atomic mass is 10.2. The molecular formula is C12H17ClN2O3S. The van der Waals surface area contributed by atoms with Crippen LogP contribution in [0.5, 0.6) is 0 Å². The van der Waals surface area contributed by atoms with Gasteiger partial charge in [0.25, 0.3) is 0 Å². The monoisotopic (exact) mass is 304 g/mol. The fourth-order valence-corrected chi connectivity index (χ4v) is 3.80. The Morgan fingerprint density at radius 1 is 1.26 bits per heavy atom. The molecule has 1 aliphatic rings. The van der Waals surface area contributed by atoms with Crippen LogP contribution in [0.15, 0.2) is 29.2 Å². The lowest BCUT2D eigenvalue weighted by molar-refractivity contribution is 0.113. The third kappa shape index (κ3) is 2.93. The summed E-state index contributed by atoms with van der Waals surface area (Å²) in [5, 5.41) is 10.4. The van der Waals surface area contributed by atoms with Gasteiger partial charge < -0.3 is 10.0 Å². The second kappa shape index (κ2) is 5.38. The van der Waals surface area contributed by atoms with Crippen LogP contribution in [0.25, 0.3) is 0 Å². The number of hydrogen-bond donors (Lipinski definition) is 1. The van der Waals surface area contributed by atoms with E-state index in [1.807, 2.05) is 19.0 Å². The molecule has 0 aliphatic carbocycles. The normalized spacial score (nSPS) is 25.1. The van der Waals surface area contributed by atoms with Gasteiger partial charge in [0.2, 0.25) is 10.0 Å². The van der Waals surface area contributed by atoms with Crippen molar-refractivity contribution in [2.45, 2.75) is 17.0 Å². The summed E-state index contributed by atoms with van der Waals surface area (Å²) in [6.45, 7) is 0.410. The number of β-amino-alcohol motifs (C(OH)–C–C–N with tert-alkyl or cyclic N) is 1. The summed E-state index contributed by atoms with van der Waals surface area (Å²) in [5.41, 5.74) is 0. The Bertz CT molecular complexity index is 545. The van der Waals surface area contributed by atoms with Crippen LogP contribution >= 0.6 is 11.6 Å². The van der Waals surface area contributed by atoms with Crippen LogP contribution in [0.1, 0.15) is 0 Å². The minimum Gasteiger partial charge on any atom is -0.390 e. The van der Waals surface area contributed by atoms with E-state index in [4.69, 9.17) is 11.6 Å². The van der Waals surface area contributed by atoms with Crippen molar-refractivity contribution in [2.75, 3.05) is 27.2 Å². The van der Waals surface area contributed by atoms with Gasteiger partial charge in [-0.15, -0.1) is 0 Å². The summed E-state index contributed by atoms with van der Waals surface area (Å²) >= 11 is 5.75. The van der Waals surface area contributed by atoms with Gasteiger partial charge in [-0.1, -0.05) is 11.6 Å². The molecule has 1 heterocycles. The summed E-state index contributed by atoms with van der Waals surface area (Å²) in [5.74, 6) is 0. The van der Waals surface area contributed by atoms with Crippen molar-refractivity contribution in [1.82, 2.24) is 9.21 Å². The number of benzene rings is 1. The standard InChI is InChI=1S/C12H17ClN2O3S/c1-14(2)11-7-15(8-12(11)16)19(17,18)10-5-3-9(13)4-6-10/h3-6,11-12,16H,7-8H2,1-2H3/t11-,12-/m1/s1. The molecule has 0 saturated carbocycles. The van der Waals surface area contributed by atoms with E-state index in [0.29, 0.717) is 11.6 Å². The fourth-order valence-electron chi connectivity index (χ4n) is 2.19. The molecule has 1 fully saturated rings. The number of likely N-dealkylation sites (N-methyl/N-ethyl adjacent to an activating group) is 1. The van der Waals surface area contributed by atoms with Crippen LogP contribution in [-0.2, 0) is 10.0 Å². The van der Waals surface area contributed by atoms with Gasteiger partial charge in [-0.3, -0.25) is 0 Å². The number of hydrogen-bond acceptors (Lipinski definition) is 4. The average Bonchev–Trinajstić information content (AvgIpc) is 2.72. The summed E-state index contributed by atoms with van der Waals surface area (Å²) in [4.78, 5) is 2.03. The first kappa shape index (κ1) is 14.7. The number of nitrogens with zero attached hydrogens (tertiary/aromatic N) is 2. The zero-order valence-electron chi connectivity index (χ0n) is 10.8. The number of aliphatic hydroxyl groups excluding tert-OH is 1. The molecule has 1 aliphatic heterocycles. The van der Waals surface area contributed by atoms with E-state index in [9.17, 15) is 13.5 Å². The third-order valence-electron chi connectivity index (χ3n) is 3.34. The number of rotatable bonds is 3. The number of halogens is 1. The summed E-state index contributed by atoms with van der Waals surface area (Å²) in [7, 11) is 0.0846. The predicted octanol–water partition coefficient (Wildman–Crippen LogP) is 0.635. The third-order valence-corrected chi connectivity index (χ3v) is 5.44. The van der Waals surface area contributed by atoms with E-state index in [1.54, 1.807) is 12.1 Å². The molecule has 106 valence electrons. The maximum absolute atomic E-state index is 12.4. The highest BCUT2D eigenvalue weighted by Gasteiger charge is 2.39. The molecule has 2 atom stereocenters. The molecule has 1 N–H and O–H groups in total. The van der Waals surface area contributed by atoms with Crippen LogP contribution in [-0.4, -0.2) is 62.1 Å². The summed E-state index contributed by atoms with van der Waals surface area (Å²) in [6, 6.07) is 5.87. The van der Waals surface area contributed by atoms with Crippen LogP contribution in [0.4, 0.5) is 0 Å². The summed E-state index contributed by atoms with van der Waals surface area (Å²) in [6.07, 6.45) is -0.669. The van der Waals surface area contributed by atoms with Crippen molar-refractivity contribution in [3.63, 3.8) is 0 Å². The molecule has 1 aromatic carbocycles. The second-order valence-corrected chi connectivity index (χ2v) is 7.25. The smallest absolute Gasteiger partial charge is 0.243 e. The van der Waals surface area contributed by atoms with E-state index in [2.05, 4.69) is 0 Å². The van der Waals surface area contributed by atoms with E-state index >= 15 is 0 Å². The van der Waals surface area contributed by atoms with Crippen molar-refractivity contribution >= 4 is 21.6 Å². The molecular weight excluding hydrogens is 288 g/mol. The maximum atomic E-state index is 12.4. The molecule has 1 saturated heterocycles. The van der Waals surface area contributed by atoms with E-state index in [1.165, 1.54) is 16.4 Å². The Morgan fingerprint density at radius 3 is 2.32 bits per heavy atom. The quantitative estimate of drug-likeness (QED) is 0.890. The number of aliphatic hydroxyl groups is 1.